The molecule has 1 aromatic carbocycles. The van der Waals surface area contributed by atoms with Crippen molar-refractivity contribution in [2.24, 2.45) is 28.5 Å². The number of amidine groups is 1. The Labute approximate surface area is 203 Å². The molecule has 5 N–H and O–H groups in total. The summed E-state index contributed by atoms with van der Waals surface area (Å²) in [5, 5.41) is 26.7. The molecule has 2 atom stereocenters. The summed E-state index contributed by atoms with van der Waals surface area (Å²) < 4.78 is 1.90. The number of para-hydroxylation sites is 1. The number of aromatic nitrogens is 4. The Kier molecular flexibility index (Phi) is 4.54. The summed E-state index contributed by atoms with van der Waals surface area (Å²) in [6.07, 6.45) is 12.6. The van der Waals surface area contributed by atoms with Gasteiger partial charge in [0.05, 0.1) is 40.4 Å². The summed E-state index contributed by atoms with van der Waals surface area (Å²) in [4.78, 5) is 4.70. The molecule has 4 saturated carbocycles. The van der Waals surface area contributed by atoms with E-state index < -0.39 is 5.60 Å². The van der Waals surface area contributed by atoms with Gasteiger partial charge < -0.3 is 16.2 Å². The lowest BCUT2D eigenvalue weighted by atomic mass is 9.52. The van der Waals surface area contributed by atoms with Gasteiger partial charge >= 0.3 is 0 Å². The highest BCUT2D eigenvalue weighted by Gasteiger charge is 2.54. The molecule has 8 rings (SSSR count). The highest BCUT2D eigenvalue weighted by molar-refractivity contribution is 6.06. The largest absolute Gasteiger partial charge is 0.390 e. The Bertz CT molecular complexity index is 1390. The third-order valence-corrected chi connectivity index (χ3v) is 8.30. The normalized spacial score (nSPS) is 29.7. The van der Waals surface area contributed by atoms with Crippen LogP contribution in [-0.2, 0) is 0 Å². The Balaban J connectivity index is 1.33. The zero-order chi connectivity index (χ0) is 23.6. The lowest BCUT2D eigenvalue weighted by Crippen LogP contribution is -2.59. The molecule has 0 saturated heterocycles. The van der Waals surface area contributed by atoms with Crippen molar-refractivity contribution in [2.45, 2.75) is 43.7 Å². The minimum Gasteiger partial charge on any atom is -0.390 e. The Morgan fingerprint density at radius 2 is 1.91 bits per heavy atom. The van der Waals surface area contributed by atoms with E-state index in [0.717, 1.165) is 52.8 Å². The average Bonchev–Trinajstić information content (AvgIpc) is 3.51. The lowest BCUT2D eigenvalue weighted by molar-refractivity contribution is -0.129. The third-order valence-electron chi connectivity index (χ3n) is 8.30. The first-order valence-corrected chi connectivity index (χ1v) is 12.4. The first kappa shape index (κ1) is 20.7. The number of H-pyrrole nitrogens is 1. The van der Waals surface area contributed by atoms with Crippen molar-refractivity contribution in [3.63, 3.8) is 0 Å². The number of benzene rings is 1. The maximum atomic E-state index is 11.1. The van der Waals surface area contributed by atoms with Crippen LogP contribution >= 0.6 is 0 Å². The maximum absolute atomic E-state index is 11.1. The number of aromatic amines is 1. The first-order valence-electron chi connectivity index (χ1n) is 12.4. The van der Waals surface area contributed by atoms with Crippen LogP contribution in [0.1, 0.15) is 37.7 Å². The van der Waals surface area contributed by atoms with Gasteiger partial charge in [-0.15, -0.1) is 0 Å². The molecule has 0 aliphatic heterocycles. The molecule has 8 nitrogen and oxygen atoms in total. The molecule has 0 amide bonds. The second-order valence-corrected chi connectivity index (χ2v) is 10.7. The summed E-state index contributed by atoms with van der Waals surface area (Å²) in [6.45, 7) is 0. The zero-order valence-electron chi connectivity index (χ0n) is 19.4. The molecule has 4 aliphatic carbocycles. The molecule has 0 spiro atoms. The summed E-state index contributed by atoms with van der Waals surface area (Å²) in [5.74, 6) is 2.01. The minimum atomic E-state index is -0.470. The van der Waals surface area contributed by atoms with Crippen molar-refractivity contribution in [1.82, 2.24) is 19.8 Å². The molecule has 178 valence electrons. The SMILES string of the molecule is NC(=Nc1ccccc1)c1cnn2cc(-c3cn[nH]c3)cc2c1NC1C2CC3CC1CC(O)(C3)C2. The topological polar surface area (TPSA) is 117 Å². The van der Waals surface area contributed by atoms with Crippen LogP contribution in [-0.4, -0.2) is 42.4 Å². The summed E-state index contributed by atoms with van der Waals surface area (Å²) in [7, 11) is 0. The predicted molar refractivity (Wildman–Crippen MR) is 136 cm³/mol. The van der Waals surface area contributed by atoms with Crippen molar-refractivity contribution >= 4 is 22.7 Å². The third kappa shape index (κ3) is 3.51. The van der Waals surface area contributed by atoms with E-state index in [1.807, 2.05) is 53.4 Å². The van der Waals surface area contributed by atoms with Gasteiger partial charge in [0.15, 0.2) is 0 Å². The van der Waals surface area contributed by atoms with E-state index in [2.05, 4.69) is 26.7 Å². The predicted octanol–water partition coefficient (Wildman–Crippen LogP) is 4.11. The number of nitrogens with two attached hydrogens (primary N) is 1. The maximum Gasteiger partial charge on any atom is 0.135 e. The van der Waals surface area contributed by atoms with Crippen LogP contribution in [0.3, 0.4) is 0 Å². The van der Waals surface area contributed by atoms with E-state index in [-0.39, 0.29) is 0 Å². The van der Waals surface area contributed by atoms with Crippen LogP contribution in [0.15, 0.2) is 66.2 Å². The molecule has 4 aliphatic rings. The number of aliphatic hydroxyl groups is 1. The van der Waals surface area contributed by atoms with Gasteiger partial charge in [0.1, 0.15) is 5.84 Å². The number of rotatable bonds is 5. The number of aliphatic imine (C=N–C) groups is 1. The molecule has 4 fully saturated rings. The van der Waals surface area contributed by atoms with Crippen molar-refractivity contribution in [1.29, 1.82) is 0 Å². The molecule has 4 aromatic rings. The minimum absolute atomic E-state index is 0.300. The molecule has 8 heteroatoms. The number of hydrogen-bond acceptors (Lipinski definition) is 5. The van der Waals surface area contributed by atoms with Gasteiger partial charge in [0, 0.05) is 29.6 Å². The van der Waals surface area contributed by atoms with Crippen molar-refractivity contribution in [2.75, 3.05) is 5.32 Å². The van der Waals surface area contributed by atoms with E-state index >= 15 is 0 Å². The van der Waals surface area contributed by atoms with Crippen LogP contribution in [0, 0.1) is 17.8 Å². The molecule has 35 heavy (non-hydrogen) atoms. The number of nitrogens with zero attached hydrogens (tertiary/aromatic N) is 4. The van der Waals surface area contributed by atoms with Gasteiger partial charge in [0.25, 0.3) is 0 Å². The van der Waals surface area contributed by atoms with E-state index in [4.69, 9.17) is 10.7 Å². The smallest absolute Gasteiger partial charge is 0.135 e. The van der Waals surface area contributed by atoms with Crippen LogP contribution in [0.2, 0.25) is 0 Å². The van der Waals surface area contributed by atoms with E-state index in [1.54, 1.807) is 6.20 Å². The highest BCUT2D eigenvalue weighted by atomic mass is 16.3. The summed E-state index contributed by atoms with van der Waals surface area (Å²) in [5.41, 5.74) is 11.7. The number of hydrogen-bond donors (Lipinski definition) is 4. The van der Waals surface area contributed by atoms with E-state index in [0.29, 0.717) is 29.6 Å². The molecular formula is C27H29N7O. The van der Waals surface area contributed by atoms with Crippen molar-refractivity contribution in [3.05, 3.63) is 66.7 Å². The molecule has 3 aromatic heterocycles. The van der Waals surface area contributed by atoms with Gasteiger partial charge in [0.2, 0.25) is 0 Å². The second-order valence-electron chi connectivity index (χ2n) is 10.7. The fourth-order valence-electron chi connectivity index (χ4n) is 7.05. The van der Waals surface area contributed by atoms with Gasteiger partial charge in [-0.1, -0.05) is 18.2 Å². The summed E-state index contributed by atoms with van der Waals surface area (Å²) in [6, 6.07) is 12.2. The van der Waals surface area contributed by atoms with Crippen LogP contribution < -0.4 is 11.1 Å². The number of anilines is 1. The lowest BCUT2D eigenvalue weighted by Gasteiger charge is -2.58. The monoisotopic (exact) mass is 467 g/mol. The Morgan fingerprint density at radius 3 is 2.63 bits per heavy atom. The number of nitrogens with one attached hydrogen (secondary N) is 2. The Morgan fingerprint density at radius 1 is 1.11 bits per heavy atom. The standard InChI is InChI=1S/C27H29N7O/c28-26(32-21-4-2-1-3-5-21)22-14-31-34-15-19(20-12-29-30-13-20)8-23(34)25(22)33-24-17-6-16-7-18(24)11-27(35,9-16)10-17/h1-5,8,12-18,24,33,35H,6-7,9-11H2,(H2,28,32)(H,29,30). The van der Waals surface area contributed by atoms with Crippen LogP contribution in [0.25, 0.3) is 16.6 Å². The second kappa shape index (κ2) is 7.68. The average molecular weight is 468 g/mol. The Hall–Kier alpha value is -3.65. The highest BCUT2D eigenvalue weighted by Crippen LogP contribution is 2.56. The molecular weight excluding hydrogens is 438 g/mol. The first-order chi connectivity index (χ1) is 17.0. The van der Waals surface area contributed by atoms with Gasteiger partial charge in [-0.05, 0) is 68.1 Å². The molecule has 2 unspecified atom stereocenters. The van der Waals surface area contributed by atoms with Crippen LogP contribution in [0.4, 0.5) is 11.4 Å². The fourth-order valence-corrected chi connectivity index (χ4v) is 7.05. The molecule has 4 bridgehead atoms. The van der Waals surface area contributed by atoms with Crippen molar-refractivity contribution in [3.8, 4) is 11.1 Å². The number of fused-ring (bicyclic) bond motifs is 1. The fraction of sp³-hybridized carbons (Fsp3) is 0.370. The van der Waals surface area contributed by atoms with Gasteiger partial charge in [-0.25, -0.2) is 9.51 Å². The molecule has 3 heterocycles. The molecule has 0 radical (unpaired) electrons. The van der Waals surface area contributed by atoms with Crippen LogP contribution in [0.5, 0.6) is 0 Å². The van der Waals surface area contributed by atoms with E-state index in [1.165, 1.54) is 12.8 Å². The van der Waals surface area contributed by atoms with Gasteiger partial charge in [-0.2, -0.15) is 10.2 Å². The van der Waals surface area contributed by atoms with Gasteiger partial charge in [-0.3, -0.25) is 5.10 Å². The zero-order valence-corrected chi connectivity index (χ0v) is 19.4. The van der Waals surface area contributed by atoms with Crippen molar-refractivity contribution < 1.29 is 5.11 Å². The summed E-state index contributed by atoms with van der Waals surface area (Å²) >= 11 is 0. The van der Waals surface area contributed by atoms with E-state index in [9.17, 15) is 5.11 Å². The quantitative estimate of drug-likeness (QED) is 0.260.